The molecule has 1 aliphatic carbocycles. The molecule has 2 rings (SSSR count). The summed E-state index contributed by atoms with van der Waals surface area (Å²) in [5.74, 6) is 3.06. The minimum absolute atomic E-state index is 0.421. The SMILES string of the molecule is CNc1nc(C2CC2)nc(NCCCNS(C)(=O)=O)c1C. The predicted octanol–water partition coefficient (Wildman–Crippen LogP) is 1.06. The van der Waals surface area contributed by atoms with Crippen molar-refractivity contribution in [1.82, 2.24) is 14.7 Å². The molecule has 0 aliphatic heterocycles. The Morgan fingerprint density at radius 1 is 1.19 bits per heavy atom. The third-order valence-corrected chi connectivity index (χ3v) is 4.08. The van der Waals surface area contributed by atoms with Gasteiger partial charge < -0.3 is 10.6 Å². The molecule has 7 nitrogen and oxygen atoms in total. The maximum atomic E-state index is 11.0. The maximum absolute atomic E-state index is 11.0. The van der Waals surface area contributed by atoms with Crippen LogP contribution >= 0.6 is 0 Å². The Kier molecular flexibility index (Phi) is 5.00. The molecule has 3 N–H and O–H groups in total. The number of nitrogens with one attached hydrogen (secondary N) is 3. The Labute approximate surface area is 126 Å². The zero-order chi connectivity index (χ0) is 15.5. The number of rotatable bonds is 8. The van der Waals surface area contributed by atoms with Gasteiger partial charge in [0.05, 0.1) is 6.26 Å². The molecule has 0 radical (unpaired) electrons. The number of nitrogens with zero attached hydrogens (tertiary/aromatic N) is 2. The fraction of sp³-hybridized carbons (Fsp3) is 0.692. The topological polar surface area (TPSA) is 96.0 Å². The minimum atomic E-state index is -3.11. The van der Waals surface area contributed by atoms with Gasteiger partial charge in [-0.15, -0.1) is 0 Å². The van der Waals surface area contributed by atoms with Crippen LogP contribution in [0.15, 0.2) is 0 Å². The van der Waals surface area contributed by atoms with Crippen molar-refractivity contribution in [3.05, 3.63) is 11.4 Å². The van der Waals surface area contributed by atoms with E-state index in [2.05, 4.69) is 25.3 Å². The molecule has 118 valence electrons. The van der Waals surface area contributed by atoms with Gasteiger partial charge in [0.1, 0.15) is 17.5 Å². The monoisotopic (exact) mass is 313 g/mol. The molecule has 0 saturated heterocycles. The van der Waals surface area contributed by atoms with Crippen LogP contribution in [0.3, 0.4) is 0 Å². The molecule has 0 atom stereocenters. The fourth-order valence-corrected chi connectivity index (χ4v) is 2.54. The van der Waals surface area contributed by atoms with Gasteiger partial charge in [-0.05, 0) is 26.2 Å². The Morgan fingerprint density at radius 2 is 1.86 bits per heavy atom. The van der Waals surface area contributed by atoms with Crippen molar-refractivity contribution < 1.29 is 8.42 Å². The van der Waals surface area contributed by atoms with Crippen LogP contribution in [0, 0.1) is 6.92 Å². The molecule has 0 amide bonds. The average molecular weight is 313 g/mol. The first kappa shape index (κ1) is 16.0. The third-order valence-electron chi connectivity index (χ3n) is 3.35. The predicted molar refractivity (Wildman–Crippen MR) is 84.2 cm³/mol. The van der Waals surface area contributed by atoms with Crippen molar-refractivity contribution in [3.63, 3.8) is 0 Å². The van der Waals surface area contributed by atoms with Gasteiger partial charge in [-0.1, -0.05) is 0 Å². The third kappa shape index (κ3) is 4.82. The maximum Gasteiger partial charge on any atom is 0.208 e. The summed E-state index contributed by atoms with van der Waals surface area (Å²) in [7, 11) is -1.26. The standard InChI is InChI=1S/C13H23N5O2S/c1-9-11(14-2)17-13(10-5-6-10)18-12(9)15-7-4-8-16-21(3,19)20/h10,16H,4-8H2,1-3H3,(H2,14,15,17,18). The number of hydrogen-bond donors (Lipinski definition) is 3. The Hall–Kier alpha value is -1.41. The van der Waals surface area contributed by atoms with Gasteiger partial charge in [-0.25, -0.2) is 23.1 Å². The van der Waals surface area contributed by atoms with Crippen LogP contribution in [0.5, 0.6) is 0 Å². The Morgan fingerprint density at radius 3 is 2.43 bits per heavy atom. The van der Waals surface area contributed by atoms with Crippen LogP contribution in [0.25, 0.3) is 0 Å². The largest absolute Gasteiger partial charge is 0.373 e. The van der Waals surface area contributed by atoms with Gasteiger partial charge in [0.2, 0.25) is 10.0 Å². The Bertz CT molecular complexity index is 599. The lowest BCUT2D eigenvalue weighted by Crippen LogP contribution is -2.24. The van der Waals surface area contributed by atoms with E-state index in [4.69, 9.17) is 0 Å². The summed E-state index contributed by atoms with van der Waals surface area (Å²) in [5.41, 5.74) is 0.984. The Balaban J connectivity index is 1.94. The second-order valence-corrected chi connectivity index (χ2v) is 7.21. The molecule has 1 aromatic rings. The van der Waals surface area contributed by atoms with Crippen molar-refractivity contribution in [2.75, 3.05) is 37.0 Å². The molecule has 1 aliphatic rings. The van der Waals surface area contributed by atoms with E-state index >= 15 is 0 Å². The second-order valence-electron chi connectivity index (χ2n) is 5.38. The molecule has 0 bridgehead atoms. The normalized spacial score (nSPS) is 15.0. The molecule has 21 heavy (non-hydrogen) atoms. The van der Waals surface area contributed by atoms with Gasteiger partial charge in [0.25, 0.3) is 0 Å². The summed E-state index contributed by atoms with van der Waals surface area (Å²) in [6, 6.07) is 0. The van der Waals surface area contributed by atoms with Gasteiger partial charge in [-0.3, -0.25) is 0 Å². The van der Waals surface area contributed by atoms with Crippen molar-refractivity contribution in [3.8, 4) is 0 Å². The van der Waals surface area contributed by atoms with Crippen molar-refractivity contribution >= 4 is 21.7 Å². The fourth-order valence-electron chi connectivity index (χ4n) is 2.03. The highest BCUT2D eigenvalue weighted by atomic mass is 32.2. The van der Waals surface area contributed by atoms with Crippen LogP contribution < -0.4 is 15.4 Å². The molecule has 1 fully saturated rings. The molecule has 1 aromatic heterocycles. The van der Waals surface area contributed by atoms with Crippen LogP contribution in [0.2, 0.25) is 0 Å². The van der Waals surface area contributed by atoms with E-state index in [-0.39, 0.29) is 0 Å². The van der Waals surface area contributed by atoms with Gasteiger partial charge in [0.15, 0.2) is 0 Å². The minimum Gasteiger partial charge on any atom is -0.373 e. The summed E-state index contributed by atoms with van der Waals surface area (Å²) in [6.45, 7) is 3.05. The first-order chi connectivity index (χ1) is 9.90. The van der Waals surface area contributed by atoms with E-state index in [1.165, 1.54) is 0 Å². The average Bonchev–Trinajstić information content (AvgIpc) is 3.23. The van der Waals surface area contributed by atoms with Crippen LogP contribution in [-0.2, 0) is 10.0 Å². The highest BCUT2D eigenvalue weighted by Gasteiger charge is 2.28. The van der Waals surface area contributed by atoms with Crippen molar-refractivity contribution in [1.29, 1.82) is 0 Å². The molecular formula is C13H23N5O2S. The van der Waals surface area contributed by atoms with E-state index in [0.29, 0.717) is 25.4 Å². The molecule has 0 spiro atoms. The van der Waals surface area contributed by atoms with E-state index < -0.39 is 10.0 Å². The molecule has 8 heteroatoms. The molecule has 0 aromatic carbocycles. The summed E-state index contributed by atoms with van der Waals surface area (Å²) < 4.78 is 24.4. The summed E-state index contributed by atoms with van der Waals surface area (Å²) in [5, 5.41) is 6.37. The number of hydrogen-bond acceptors (Lipinski definition) is 6. The van der Waals surface area contributed by atoms with Crippen LogP contribution in [0.4, 0.5) is 11.6 Å². The van der Waals surface area contributed by atoms with E-state index in [9.17, 15) is 8.42 Å². The lowest BCUT2D eigenvalue weighted by molar-refractivity contribution is 0.586. The smallest absolute Gasteiger partial charge is 0.208 e. The molecule has 0 unspecified atom stereocenters. The summed E-state index contributed by atoms with van der Waals surface area (Å²) >= 11 is 0. The highest BCUT2D eigenvalue weighted by molar-refractivity contribution is 7.88. The van der Waals surface area contributed by atoms with E-state index in [1.54, 1.807) is 0 Å². The number of anilines is 2. The van der Waals surface area contributed by atoms with Gasteiger partial charge in [0, 0.05) is 31.6 Å². The van der Waals surface area contributed by atoms with E-state index in [1.807, 2.05) is 14.0 Å². The quantitative estimate of drug-likeness (QED) is 0.621. The van der Waals surface area contributed by atoms with Crippen molar-refractivity contribution in [2.45, 2.75) is 32.1 Å². The lowest BCUT2D eigenvalue weighted by Gasteiger charge is -2.13. The van der Waals surface area contributed by atoms with Crippen molar-refractivity contribution in [2.24, 2.45) is 0 Å². The zero-order valence-corrected chi connectivity index (χ0v) is 13.5. The zero-order valence-electron chi connectivity index (χ0n) is 12.7. The molecule has 1 heterocycles. The highest BCUT2D eigenvalue weighted by Crippen LogP contribution is 2.39. The second kappa shape index (κ2) is 6.57. The number of sulfonamides is 1. The lowest BCUT2D eigenvalue weighted by atomic mass is 10.2. The van der Waals surface area contributed by atoms with Gasteiger partial charge >= 0.3 is 0 Å². The summed E-state index contributed by atoms with van der Waals surface area (Å²) in [6.07, 6.45) is 4.17. The molecule has 1 saturated carbocycles. The van der Waals surface area contributed by atoms with E-state index in [0.717, 1.165) is 42.1 Å². The van der Waals surface area contributed by atoms with Gasteiger partial charge in [-0.2, -0.15) is 0 Å². The first-order valence-electron chi connectivity index (χ1n) is 7.15. The number of aromatic nitrogens is 2. The van der Waals surface area contributed by atoms with Crippen LogP contribution in [-0.4, -0.2) is 44.8 Å². The molecular weight excluding hydrogens is 290 g/mol. The summed E-state index contributed by atoms with van der Waals surface area (Å²) in [4.78, 5) is 9.12. The van der Waals surface area contributed by atoms with Crippen LogP contribution in [0.1, 0.15) is 36.6 Å². The first-order valence-corrected chi connectivity index (χ1v) is 9.04.